The van der Waals surface area contributed by atoms with Crippen LogP contribution in [0.15, 0.2) is 66.0 Å². The van der Waals surface area contributed by atoms with Gasteiger partial charge in [-0.25, -0.2) is 9.97 Å². The minimum Gasteiger partial charge on any atom is -0.395 e. The molecule has 1 saturated heterocycles. The second-order valence-corrected chi connectivity index (χ2v) is 9.26. The van der Waals surface area contributed by atoms with Gasteiger partial charge in [-0.15, -0.1) is 0 Å². The van der Waals surface area contributed by atoms with Crippen molar-refractivity contribution in [1.82, 2.24) is 24.8 Å². The van der Waals surface area contributed by atoms with Crippen LogP contribution in [0.1, 0.15) is 5.82 Å². The third-order valence-corrected chi connectivity index (χ3v) is 6.63. The number of benzene rings is 2. The summed E-state index contributed by atoms with van der Waals surface area (Å²) in [4.78, 5) is 45.3. The number of aliphatic hydroxyl groups excluding tert-OH is 2. The second kappa shape index (κ2) is 12.0. The van der Waals surface area contributed by atoms with Crippen LogP contribution in [-0.4, -0.2) is 80.3 Å². The minimum absolute atomic E-state index is 0.0866. The first-order chi connectivity index (χ1) is 19.5. The Labute approximate surface area is 230 Å². The van der Waals surface area contributed by atoms with E-state index in [1.54, 1.807) is 24.3 Å². The van der Waals surface area contributed by atoms with E-state index in [9.17, 15) is 14.7 Å². The number of piperazine rings is 1. The molecule has 40 heavy (non-hydrogen) atoms. The van der Waals surface area contributed by atoms with Crippen LogP contribution in [0, 0.1) is 0 Å². The number of rotatable bonds is 9. The van der Waals surface area contributed by atoms with Crippen LogP contribution in [0.4, 0.5) is 23.0 Å². The molecule has 1 fully saturated rings. The number of nitrogens with zero attached hydrogens (tertiary/aromatic N) is 5. The van der Waals surface area contributed by atoms with Gasteiger partial charge >= 0.3 is 0 Å². The highest BCUT2D eigenvalue weighted by molar-refractivity contribution is 5.99. The van der Waals surface area contributed by atoms with Gasteiger partial charge in [0.2, 0.25) is 11.9 Å². The van der Waals surface area contributed by atoms with Gasteiger partial charge in [0.1, 0.15) is 17.8 Å². The lowest BCUT2D eigenvalue weighted by Gasteiger charge is -2.35. The zero-order valence-corrected chi connectivity index (χ0v) is 21.8. The molecule has 0 atom stereocenters. The van der Waals surface area contributed by atoms with Gasteiger partial charge < -0.3 is 30.7 Å². The highest BCUT2D eigenvalue weighted by Gasteiger charge is 2.18. The lowest BCUT2D eigenvalue weighted by molar-refractivity contribution is -0.111. The number of H-pyrrole nitrogens is 1. The first-order valence-corrected chi connectivity index (χ1v) is 12.9. The number of aliphatic hydroxyl groups is 2. The summed E-state index contributed by atoms with van der Waals surface area (Å²) in [7, 11) is 0. The van der Waals surface area contributed by atoms with Gasteiger partial charge in [0.05, 0.1) is 12.3 Å². The monoisotopic (exact) mass is 542 g/mol. The number of carbonyl (C=O) groups is 1. The molecule has 5 N–H and O–H groups in total. The summed E-state index contributed by atoms with van der Waals surface area (Å²) in [6.07, 6.45) is 1.17. The molecular formula is C28H30N8O4. The van der Waals surface area contributed by atoms with E-state index >= 15 is 0 Å². The van der Waals surface area contributed by atoms with Gasteiger partial charge in [-0.2, -0.15) is 4.98 Å². The Bertz CT molecular complexity index is 1580. The topological polar surface area (TPSA) is 160 Å². The maximum absolute atomic E-state index is 13.0. The lowest BCUT2D eigenvalue weighted by Crippen LogP contribution is -2.47. The third-order valence-electron chi connectivity index (χ3n) is 6.63. The fourth-order valence-corrected chi connectivity index (χ4v) is 4.62. The van der Waals surface area contributed by atoms with E-state index in [-0.39, 0.29) is 35.3 Å². The van der Waals surface area contributed by atoms with Gasteiger partial charge in [0, 0.05) is 55.3 Å². The number of anilines is 4. The standard InChI is InChI=1S/C28H30N8O4/c1-2-23(39)29-20-5-3-4-18(16-20)25-24-26(31-22(17-38)32-27(24)40)34-28(33-25)30-19-6-8-21(9-7-19)36-12-10-35(11-13-36)14-15-37/h2-9,16,37-38H,1,10-15,17H2,(H,29,39)(H2,30,31,32,33,34,40). The van der Waals surface area contributed by atoms with Crippen molar-refractivity contribution >= 4 is 40.0 Å². The van der Waals surface area contributed by atoms with Crippen molar-refractivity contribution in [3.8, 4) is 11.3 Å². The third kappa shape index (κ3) is 5.99. The molecule has 206 valence electrons. The summed E-state index contributed by atoms with van der Waals surface area (Å²) in [6.45, 7) is 7.43. The van der Waals surface area contributed by atoms with Crippen molar-refractivity contribution in [2.75, 3.05) is 54.9 Å². The van der Waals surface area contributed by atoms with Crippen molar-refractivity contribution in [3.05, 3.63) is 77.4 Å². The zero-order valence-electron chi connectivity index (χ0n) is 21.8. The molecule has 0 saturated carbocycles. The summed E-state index contributed by atoms with van der Waals surface area (Å²) in [6, 6.07) is 14.8. The van der Waals surface area contributed by atoms with Crippen LogP contribution in [0.5, 0.6) is 0 Å². The summed E-state index contributed by atoms with van der Waals surface area (Å²) < 4.78 is 0. The van der Waals surface area contributed by atoms with Crippen molar-refractivity contribution in [3.63, 3.8) is 0 Å². The molecule has 12 nitrogen and oxygen atoms in total. The van der Waals surface area contributed by atoms with Crippen LogP contribution >= 0.6 is 0 Å². The van der Waals surface area contributed by atoms with E-state index in [1.165, 1.54) is 6.08 Å². The Balaban J connectivity index is 1.46. The minimum atomic E-state index is -0.487. The van der Waals surface area contributed by atoms with Crippen LogP contribution in [0.25, 0.3) is 22.3 Å². The zero-order chi connectivity index (χ0) is 28.1. The van der Waals surface area contributed by atoms with Crippen LogP contribution in [0.2, 0.25) is 0 Å². The Hall–Kier alpha value is -4.65. The second-order valence-electron chi connectivity index (χ2n) is 9.26. The van der Waals surface area contributed by atoms with Gasteiger partial charge in [0.15, 0.2) is 5.65 Å². The number of β-amino-alcohol motifs (C(OH)–C–C–N with tert-alkyl or cyclic N) is 1. The number of hydrogen-bond acceptors (Lipinski definition) is 10. The molecule has 0 unspecified atom stereocenters. The molecule has 2 aromatic heterocycles. The van der Waals surface area contributed by atoms with Crippen LogP contribution in [-0.2, 0) is 11.4 Å². The number of aromatic nitrogens is 4. The smallest absolute Gasteiger partial charge is 0.262 e. The molecular weight excluding hydrogens is 512 g/mol. The SMILES string of the molecule is C=CC(=O)Nc1cccc(-c2nc(Nc3ccc(N4CCN(CCO)CC4)cc3)nc3nc(CO)[nH]c(=O)c23)c1. The molecule has 0 radical (unpaired) electrons. The Morgan fingerprint density at radius 1 is 1.02 bits per heavy atom. The van der Waals surface area contributed by atoms with Crippen molar-refractivity contribution < 1.29 is 15.0 Å². The van der Waals surface area contributed by atoms with Crippen molar-refractivity contribution in [1.29, 1.82) is 0 Å². The fraction of sp³-hybridized carbons (Fsp3) is 0.250. The molecule has 1 aliphatic rings. The maximum Gasteiger partial charge on any atom is 0.262 e. The summed E-state index contributed by atoms with van der Waals surface area (Å²) in [5.74, 6) is -0.0615. The predicted octanol–water partition coefficient (Wildman–Crippen LogP) is 1.85. The molecule has 12 heteroatoms. The van der Waals surface area contributed by atoms with E-state index in [4.69, 9.17) is 5.11 Å². The van der Waals surface area contributed by atoms with Crippen molar-refractivity contribution in [2.24, 2.45) is 0 Å². The summed E-state index contributed by atoms with van der Waals surface area (Å²) >= 11 is 0. The van der Waals surface area contributed by atoms with E-state index in [0.29, 0.717) is 23.5 Å². The summed E-state index contributed by atoms with van der Waals surface area (Å²) in [5.41, 5.74) is 2.86. The quantitative estimate of drug-likeness (QED) is 0.198. The van der Waals surface area contributed by atoms with Gasteiger partial charge in [-0.1, -0.05) is 18.7 Å². The van der Waals surface area contributed by atoms with E-state index in [0.717, 1.165) is 37.6 Å². The molecule has 3 heterocycles. The normalized spacial score (nSPS) is 13.8. The number of aromatic amines is 1. The Kier molecular flexibility index (Phi) is 8.10. The molecule has 5 rings (SSSR count). The molecule has 0 bridgehead atoms. The molecule has 2 aromatic carbocycles. The first kappa shape index (κ1) is 26.9. The van der Waals surface area contributed by atoms with Gasteiger partial charge in [0.25, 0.3) is 5.56 Å². The van der Waals surface area contributed by atoms with E-state index in [1.807, 2.05) is 24.3 Å². The van der Waals surface area contributed by atoms with Crippen LogP contribution in [0.3, 0.4) is 0 Å². The summed E-state index contributed by atoms with van der Waals surface area (Å²) in [5, 5.41) is 24.8. The Morgan fingerprint density at radius 3 is 2.50 bits per heavy atom. The number of amides is 1. The van der Waals surface area contributed by atoms with Crippen LogP contribution < -0.4 is 21.1 Å². The molecule has 1 aliphatic heterocycles. The van der Waals surface area contributed by atoms with Crippen molar-refractivity contribution in [2.45, 2.75) is 6.61 Å². The fourth-order valence-electron chi connectivity index (χ4n) is 4.62. The number of carbonyl (C=O) groups excluding carboxylic acids is 1. The Morgan fingerprint density at radius 2 is 1.80 bits per heavy atom. The van der Waals surface area contributed by atoms with Gasteiger partial charge in [-0.05, 0) is 42.5 Å². The largest absolute Gasteiger partial charge is 0.395 e. The average molecular weight is 543 g/mol. The highest BCUT2D eigenvalue weighted by Crippen LogP contribution is 2.28. The van der Waals surface area contributed by atoms with Gasteiger partial charge in [-0.3, -0.25) is 14.5 Å². The lowest BCUT2D eigenvalue weighted by atomic mass is 10.1. The molecule has 4 aromatic rings. The highest BCUT2D eigenvalue weighted by atomic mass is 16.3. The molecule has 0 spiro atoms. The molecule has 1 amide bonds. The number of hydrogen-bond donors (Lipinski definition) is 5. The van der Waals surface area contributed by atoms with E-state index < -0.39 is 12.2 Å². The average Bonchev–Trinajstić information content (AvgIpc) is 2.97. The molecule has 0 aliphatic carbocycles. The number of fused-ring (bicyclic) bond motifs is 1. The maximum atomic E-state index is 13.0. The van der Waals surface area contributed by atoms with E-state index in [2.05, 4.69) is 46.9 Å². The first-order valence-electron chi connectivity index (χ1n) is 12.9. The predicted molar refractivity (Wildman–Crippen MR) is 154 cm³/mol. The number of nitrogens with one attached hydrogen (secondary N) is 3.